The van der Waals surface area contributed by atoms with Gasteiger partial charge in [-0.15, -0.1) is 0 Å². The van der Waals surface area contributed by atoms with E-state index in [1.165, 1.54) is 48.4 Å². The van der Waals surface area contributed by atoms with Crippen molar-refractivity contribution in [2.45, 2.75) is 109 Å². The molecule has 0 saturated carbocycles. The topological polar surface area (TPSA) is 59.0 Å². The summed E-state index contributed by atoms with van der Waals surface area (Å²) in [4.78, 5) is 15.8. The summed E-state index contributed by atoms with van der Waals surface area (Å²) >= 11 is 0. The van der Waals surface area contributed by atoms with E-state index in [0.717, 1.165) is 12.2 Å². The Labute approximate surface area is 236 Å². The molecule has 0 bridgehead atoms. The molecule has 6 heteroatoms. The van der Waals surface area contributed by atoms with Gasteiger partial charge in [-0.25, -0.2) is 0 Å². The first-order valence-corrected chi connectivity index (χ1v) is 18.1. The van der Waals surface area contributed by atoms with Gasteiger partial charge in [-0.3, -0.25) is 4.79 Å². The van der Waals surface area contributed by atoms with Crippen molar-refractivity contribution in [2.24, 2.45) is 5.92 Å². The highest BCUT2D eigenvalue weighted by molar-refractivity contribution is 6.91. The average molecular weight is 552 g/mol. The van der Waals surface area contributed by atoms with E-state index in [1.807, 2.05) is 17.0 Å². The van der Waals surface area contributed by atoms with Crippen molar-refractivity contribution in [1.29, 1.82) is 0 Å². The van der Waals surface area contributed by atoms with Crippen LogP contribution < -0.4 is 9.92 Å². The number of fused-ring (bicyclic) bond motifs is 1. The predicted molar refractivity (Wildman–Crippen MR) is 161 cm³/mol. The summed E-state index contributed by atoms with van der Waals surface area (Å²) in [5, 5.41) is 11.6. The van der Waals surface area contributed by atoms with Crippen LogP contribution in [0.15, 0.2) is 48.5 Å². The third kappa shape index (κ3) is 6.78. The Hall–Kier alpha value is -2.15. The molecule has 0 spiro atoms. The summed E-state index contributed by atoms with van der Waals surface area (Å²) in [5.41, 5.74) is 2.76. The van der Waals surface area contributed by atoms with Crippen LogP contribution in [0.4, 0.5) is 0 Å². The molecule has 0 aliphatic carbocycles. The fraction of sp³-hybridized carbons (Fsp3) is 0.606. The highest BCUT2D eigenvalue weighted by Gasteiger charge is 2.51. The summed E-state index contributed by atoms with van der Waals surface area (Å²) in [6.45, 7) is 10.0. The van der Waals surface area contributed by atoms with Crippen molar-refractivity contribution < 1.29 is 19.4 Å². The molecule has 39 heavy (non-hydrogen) atoms. The van der Waals surface area contributed by atoms with Gasteiger partial charge in [0.25, 0.3) is 0 Å². The first-order chi connectivity index (χ1) is 18.8. The number of carbonyl (C=O) groups excluding carboxylic acids is 1. The van der Waals surface area contributed by atoms with Crippen LogP contribution in [0.1, 0.15) is 69.9 Å². The fourth-order valence-corrected chi connectivity index (χ4v) is 11.2. The zero-order valence-corrected chi connectivity index (χ0v) is 25.7. The Kier molecular flexibility index (Phi) is 10.3. The van der Waals surface area contributed by atoms with Crippen LogP contribution in [-0.2, 0) is 22.5 Å². The molecule has 0 radical (unpaired) electrons. The molecule has 0 unspecified atom stereocenters. The Bertz CT molecular complexity index is 1070. The molecule has 1 N–H and O–H groups in total. The maximum Gasteiger partial charge on any atom is 0.225 e. The Morgan fingerprint density at radius 3 is 2.38 bits per heavy atom. The summed E-state index contributed by atoms with van der Waals surface area (Å²) in [6, 6.07) is 16.7. The molecule has 2 aromatic carbocycles. The largest absolute Gasteiger partial charge is 0.497 e. The van der Waals surface area contributed by atoms with Crippen molar-refractivity contribution in [1.82, 2.24) is 4.90 Å². The lowest BCUT2D eigenvalue weighted by Crippen LogP contribution is -2.52. The third-order valence-electron chi connectivity index (χ3n) is 9.42. The van der Waals surface area contributed by atoms with Crippen LogP contribution in [0.3, 0.4) is 0 Å². The van der Waals surface area contributed by atoms with Gasteiger partial charge >= 0.3 is 0 Å². The zero-order chi connectivity index (χ0) is 28.0. The molecule has 4 rings (SSSR count). The number of methoxy groups -OCH3 is 1. The van der Waals surface area contributed by atoms with Crippen LogP contribution in [0, 0.1) is 5.92 Å². The first-order valence-electron chi connectivity index (χ1n) is 15.1. The molecule has 2 aliphatic rings. The van der Waals surface area contributed by atoms with Gasteiger partial charge in [0.2, 0.25) is 5.91 Å². The van der Waals surface area contributed by atoms with E-state index in [2.05, 4.69) is 63.3 Å². The molecule has 5 atom stereocenters. The van der Waals surface area contributed by atoms with E-state index in [0.29, 0.717) is 30.8 Å². The van der Waals surface area contributed by atoms with Crippen molar-refractivity contribution in [3.05, 3.63) is 59.7 Å². The predicted octanol–water partition coefficient (Wildman–Crippen LogP) is 6.08. The van der Waals surface area contributed by atoms with E-state index in [9.17, 15) is 9.90 Å². The minimum atomic E-state index is -2.01. The fourth-order valence-electron chi connectivity index (χ4n) is 7.12. The number of aliphatic hydroxyl groups excluding tert-OH is 1. The van der Waals surface area contributed by atoms with Gasteiger partial charge in [0.15, 0.2) is 0 Å². The average Bonchev–Trinajstić information content (AvgIpc) is 3.26. The Morgan fingerprint density at radius 2 is 1.72 bits per heavy atom. The van der Waals surface area contributed by atoms with Crippen molar-refractivity contribution in [2.75, 3.05) is 13.7 Å². The lowest BCUT2D eigenvalue weighted by molar-refractivity contribution is -0.138. The number of hydrogen-bond acceptors (Lipinski definition) is 4. The molecule has 1 fully saturated rings. The van der Waals surface area contributed by atoms with Gasteiger partial charge in [-0.1, -0.05) is 101 Å². The minimum Gasteiger partial charge on any atom is -0.497 e. The SMILES string of the molecule is CCCCCCC[C@@H]1O[C@H](CC(=O)N2Cc3ccccc3C[C@H]2CO)[C@@H]([Si](C)(C)c2ccc(OC)cc2)[C@@H]1C. The van der Waals surface area contributed by atoms with Gasteiger partial charge < -0.3 is 19.5 Å². The normalized spacial score (nSPS) is 25.0. The lowest BCUT2D eigenvalue weighted by Gasteiger charge is -2.39. The van der Waals surface area contributed by atoms with Gasteiger partial charge in [-0.05, 0) is 47.6 Å². The standard InChI is InChI=1S/C33H49NO4Si/c1-6-7-8-9-10-15-30-24(2)33(39(4,5)29-18-16-28(37-3)17-19-29)31(38-30)21-32(36)34-22-26-14-12-11-13-25(26)20-27(34)23-35/h11-14,16-19,24,27,30-31,33,35H,6-10,15,20-23H2,1-5H3/t24-,27+,30+,31-,33+/m1/s1. The smallest absolute Gasteiger partial charge is 0.225 e. The van der Waals surface area contributed by atoms with Crippen LogP contribution in [0.2, 0.25) is 18.6 Å². The number of aliphatic hydroxyl groups is 1. The molecule has 5 nitrogen and oxygen atoms in total. The highest BCUT2D eigenvalue weighted by atomic mass is 28.3. The maximum atomic E-state index is 13.9. The molecule has 1 amide bonds. The number of carbonyl (C=O) groups is 1. The quantitative estimate of drug-likeness (QED) is 0.257. The number of ether oxygens (including phenoxy) is 2. The number of benzene rings is 2. The van der Waals surface area contributed by atoms with Crippen LogP contribution in [0.25, 0.3) is 0 Å². The van der Waals surface area contributed by atoms with Gasteiger partial charge in [0, 0.05) is 6.54 Å². The van der Waals surface area contributed by atoms with Gasteiger partial charge in [-0.2, -0.15) is 0 Å². The van der Waals surface area contributed by atoms with E-state index < -0.39 is 8.07 Å². The van der Waals surface area contributed by atoms with Gasteiger partial charge in [0.1, 0.15) is 5.75 Å². The second-order valence-corrected chi connectivity index (χ2v) is 17.0. The summed E-state index contributed by atoms with van der Waals surface area (Å²) in [5.74, 6) is 1.37. The molecule has 2 aromatic rings. The van der Waals surface area contributed by atoms with E-state index in [1.54, 1.807) is 7.11 Å². The molecular weight excluding hydrogens is 502 g/mol. The molecule has 2 aliphatic heterocycles. The number of nitrogens with zero attached hydrogens (tertiary/aromatic N) is 1. The van der Waals surface area contributed by atoms with Crippen molar-refractivity contribution in [3.8, 4) is 5.75 Å². The lowest BCUT2D eigenvalue weighted by atomic mass is 9.93. The summed E-state index contributed by atoms with van der Waals surface area (Å²) < 4.78 is 12.3. The van der Waals surface area contributed by atoms with Crippen LogP contribution in [-0.4, -0.2) is 56.0 Å². The Balaban J connectivity index is 1.55. The number of rotatable bonds is 12. The van der Waals surface area contributed by atoms with E-state index in [-0.39, 0.29) is 30.8 Å². The maximum absolute atomic E-state index is 13.9. The monoisotopic (exact) mass is 551 g/mol. The number of unbranched alkanes of at least 4 members (excludes halogenated alkanes) is 4. The number of amides is 1. The first kappa shape index (κ1) is 29.8. The molecule has 0 aromatic heterocycles. The molecule has 1 saturated heterocycles. The van der Waals surface area contributed by atoms with Gasteiger partial charge in [0.05, 0.1) is 46.5 Å². The minimum absolute atomic E-state index is 0.0160. The molecule has 2 heterocycles. The van der Waals surface area contributed by atoms with E-state index in [4.69, 9.17) is 9.47 Å². The summed E-state index contributed by atoms with van der Waals surface area (Å²) in [7, 11) is -0.306. The van der Waals surface area contributed by atoms with Crippen LogP contribution >= 0.6 is 0 Å². The van der Waals surface area contributed by atoms with Crippen LogP contribution in [0.5, 0.6) is 5.75 Å². The van der Waals surface area contributed by atoms with E-state index >= 15 is 0 Å². The van der Waals surface area contributed by atoms with Crippen molar-refractivity contribution in [3.63, 3.8) is 0 Å². The summed E-state index contributed by atoms with van der Waals surface area (Å²) in [6.07, 6.45) is 8.50. The molecule has 214 valence electrons. The third-order valence-corrected chi connectivity index (χ3v) is 13.8. The second kappa shape index (κ2) is 13.5. The number of hydrogen-bond donors (Lipinski definition) is 1. The molecular formula is C33H49NO4Si. The van der Waals surface area contributed by atoms with Crippen molar-refractivity contribution >= 4 is 19.2 Å². The second-order valence-electron chi connectivity index (χ2n) is 12.3. The highest BCUT2D eigenvalue weighted by Crippen LogP contribution is 2.47. The Morgan fingerprint density at radius 1 is 1.03 bits per heavy atom. The zero-order valence-electron chi connectivity index (χ0n) is 24.7.